The highest BCUT2D eigenvalue weighted by atomic mass is 19.3. The van der Waals surface area contributed by atoms with Crippen molar-refractivity contribution in [2.45, 2.75) is 26.1 Å². The molecule has 0 radical (unpaired) electrons. The van der Waals surface area contributed by atoms with Crippen LogP contribution in [0.3, 0.4) is 0 Å². The van der Waals surface area contributed by atoms with Crippen molar-refractivity contribution in [1.29, 1.82) is 0 Å². The van der Waals surface area contributed by atoms with Crippen molar-refractivity contribution < 1.29 is 18.3 Å². The molecule has 0 aromatic carbocycles. The van der Waals surface area contributed by atoms with E-state index in [1.54, 1.807) is 27.9 Å². The van der Waals surface area contributed by atoms with E-state index in [0.717, 1.165) is 11.8 Å². The average Bonchev–Trinajstić information content (AvgIpc) is 3.20. The molecule has 0 saturated carbocycles. The quantitative estimate of drug-likeness (QED) is 0.462. The molecular weight excluding hydrogens is 436 g/mol. The number of rotatable bonds is 10. The molecule has 0 aliphatic carbocycles. The zero-order valence-corrected chi connectivity index (χ0v) is 17.7. The lowest BCUT2D eigenvalue weighted by Gasteiger charge is -2.38. The first-order chi connectivity index (χ1) is 15.9. The van der Waals surface area contributed by atoms with E-state index in [9.17, 15) is 18.4 Å². The third-order valence-corrected chi connectivity index (χ3v) is 5.38. The number of pyridine rings is 1. The Hall–Kier alpha value is -3.67. The minimum absolute atomic E-state index is 0.0816. The van der Waals surface area contributed by atoms with Crippen molar-refractivity contribution in [1.82, 2.24) is 29.2 Å². The molecule has 3 aromatic rings. The van der Waals surface area contributed by atoms with Crippen LogP contribution in [0.15, 0.2) is 48.2 Å². The first-order valence-corrected chi connectivity index (χ1v) is 10.4. The zero-order chi connectivity index (χ0) is 23.4. The van der Waals surface area contributed by atoms with Crippen molar-refractivity contribution >= 4 is 28.6 Å². The molecular formula is C21H23F2N7O3. The van der Waals surface area contributed by atoms with Crippen LogP contribution in [0.5, 0.6) is 0 Å². The molecule has 0 atom stereocenters. The molecule has 10 nitrogen and oxygen atoms in total. The van der Waals surface area contributed by atoms with Crippen LogP contribution in [-0.2, 0) is 22.6 Å². The van der Waals surface area contributed by atoms with E-state index in [1.807, 2.05) is 0 Å². The van der Waals surface area contributed by atoms with Crippen LogP contribution in [0, 0.1) is 5.92 Å². The van der Waals surface area contributed by atoms with Crippen LogP contribution in [-0.4, -0.2) is 61.4 Å². The highest BCUT2D eigenvalue weighted by Gasteiger charge is 2.29. The number of carbonyl (C=O) groups excluding carboxylic acids is 1. The summed E-state index contributed by atoms with van der Waals surface area (Å²) in [6, 6.07) is 3.16. The first-order valence-electron chi connectivity index (χ1n) is 10.4. The number of halogens is 2. The molecule has 1 fully saturated rings. The van der Waals surface area contributed by atoms with Gasteiger partial charge in [0.2, 0.25) is 11.9 Å². The van der Waals surface area contributed by atoms with Crippen molar-refractivity contribution in [2.75, 3.05) is 25.0 Å². The fourth-order valence-corrected chi connectivity index (χ4v) is 3.64. The highest BCUT2D eigenvalue weighted by molar-refractivity contribution is 5.87. The van der Waals surface area contributed by atoms with Crippen molar-refractivity contribution in [2.24, 2.45) is 5.92 Å². The maximum atomic E-state index is 12.5. The van der Waals surface area contributed by atoms with Gasteiger partial charge >= 0.3 is 6.61 Å². The fourth-order valence-electron chi connectivity index (χ4n) is 3.64. The predicted octanol–water partition coefficient (Wildman–Crippen LogP) is 2.01. The van der Waals surface area contributed by atoms with Crippen molar-refractivity contribution in [3.63, 3.8) is 0 Å². The standard InChI is InChI=1S/C21H23F2N7O3/c1-2-17(31)28-11-14(12-28)5-6-30-18(32)4-3-15-9-24-21(27-19(15)30)26-16-10-25-29(13-16)7-8-33-20(22)23/h2-4,9-10,13-14,20H,1,5-8,11-12H2,(H,24,26,27). The van der Waals surface area contributed by atoms with Gasteiger partial charge in [-0.25, -0.2) is 4.98 Å². The van der Waals surface area contributed by atoms with Crippen LogP contribution >= 0.6 is 0 Å². The Labute approximate surface area is 187 Å². The SMILES string of the molecule is C=CC(=O)N1CC(CCn2c(=O)ccc3cnc(Nc4cnn(CCOC(F)F)c4)nc32)C1. The lowest BCUT2D eigenvalue weighted by molar-refractivity contribution is -0.132. The normalized spacial score (nSPS) is 14.0. The average molecular weight is 459 g/mol. The molecule has 1 aliphatic rings. The number of likely N-dealkylation sites (tertiary alicyclic amines) is 1. The number of aromatic nitrogens is 5. The summed E-state index contributed by atoms with van der Waals surface area (Å²) in [6.45, 7) is 2.44. The maximum absolute atomic E-state index is 12.5. The Morgan fingerprint density at radius 1 is 1.30 bits per heavy atom. The van der Waals surface area contributed by atoms with E-state index in [1.165, 1.54) is 23.0 Å². The molecule has 174 valence electrons. The van der Waals surface area contributed by atoms with E-state index < -0.39 is 6.61 Å². The number of fused-ring (bicyclic) bond motifs is 1. The second-order valence-corrected chi connectivity index (χ2v) is 7.65. The summed E-state index contributed by atoms with van der Waals surface area (Å²) in [5, 5.41) is 7.81. The smallest absolute Gasteiger partial charge is 0.338 e. The highest BCUT2D eigenvalue weighted by Crippen LogP contribution is 2.21. The Balaban J connectivity index is 1.44. The molecule has 12 heteroatoms. The van der Waals surface area contributed by atoms with E-state index in [-0.39, 0.29) is 30.6 Å². The Kier molecular flexibility index (Phi) is 6.73. The van der Waals surface area contributed by atoms with Crippen LogP contribution in [0.1, 0.15) is 6.42 Å². The summed E-state index contributed by atoms with van der Waals surface area (Å²) in [5.74, 6) is 0.508. The number of amides is 1. The minimum Gasteiger partial charge on any atom is -0.338 e. The van der Waals surface area contributed by atoms with Crippen LogP contribution in [0.2, 0.25) is 0 Å². The van der Waals surface area contributed by atoms with E-state index >= 15 is 0 Å². The number of nitrogens with zero attached hydrogens (tertiary/aromatic N) is 6. The van der Waals surface area contributed by atoms with Gasteiger partial charge in [0.05, 0.1) is 25.0 Å². The molecule has 1 aliphatic heterocycles. The zero-order valence-electron chi connectivity index (χ0n) is 17.7. The van der Waals surface area contributed by atoms with Gasteiger partial charge in [-0.3, -0.25) is 18.8 Å². The maximum Gasteiger partial charge on any atom is 0.345 e. The van der Waals surface area contributed by atoms with Gasteiger partial charge in [-0.15, -0.1) is 0 Å². The summed E-state index contributed by atoms with van der Waals surface area (Å²) < 4.78 is 31.4. The van der Waals surface area contributed by atoms with Gasteiger partial charge in [0.1, 0.15) is 5.65 Å². The van der Waals surface area contributed by atoms with Gasteiger partial charge in [-0.1, -0.05) is 6.58 Å². The predicted molar refractivity (Wildman–Crippen MR) is 116 cm³/mol. The number of hydrogen-bond donors (Lipinski definition) is 1. The third-order valence-electron chi connectivity index (χ3n) is 5.38. The number of carbonyl (C=O) groups is 1. The summed E-state index contributed by atoms with van der Waals surface area (Å²) in [7, 11) is 0. The molecule has 1 N–H and O–H groups in total. The minimum atomic E-state index is -2.82. The number of nitrogens with one attached hydrogen (secondary N) is 1. The molecule has 4 heterocycles. The Morgan fingerprint density at radius 3 is 2.88 bits per heavy atom. The van der Waals surface area contributed by atoms with E-state index in [0.29, 0.717) is 36.9 Å². The van der Waals surface area contributed by atoms with E-state index in [4.69, 9.17) is 0 Å². The van der Waals surface area contributed by atoms with Gasteiger partial charge in [0.25, 0.3) is 5.56 Å². The van der Waals surface area contributed by atoms with Crippen LogP contribution in [0.25, 0.3) is 11.0 Å². The van der Waals surface area contributed by atoms with Gasteiger partial charge in [0.15, 0.2) is 0 Å². The van der Waals surface area contributed by atoms with Gasteiger partial charge in [-0.05, 0) is 24.5 Å². The second kappa shape index (κ2) is 9.86. The molecule has 3 aromatic heterocycles. The lowest BCUT2D eigenvalue weighted by Crippen LogP contribution is -2.49. The number of ether oxygens (including phenoxy) is 1. The lowest BCUT2D eigenvalue weighted by atomic mass is 9.96. The molecule has 0 spiro atoms. The second-order valence-electron chi connectivity index (χ2n) is 7.65. The Bertz CT molecular complexity index is 1200. The third kappa shape index (κ3) is 5.40. The summed E-state index contributed by atoms with van der Waals surface area (Å²) in [5.41, 5.74) is 0.895. The summed E-state index contributed by atoms with van der Waals surface area (Å²) in [4.78, 5) is 34.6. The van der Waals surface area contributed by atoms with Crippen molar-refractivity contribution in [3.05, 3.63) is 53.7 Å². The van der Waals surface area contributed by atoms with Crippen LogP contribution in [0.4, 0.5) is 20.4 Å². The van der Waals surface area contributed by atoms with Gasteiger partial charge in [0, 0.05) is 43.5 Å². The first kappa shape index (κ1) is 22.5. The fraction of sp³-hybridized carbons (Fsp3) is 0.381. The summed E-state index contributed by atoms with van der Waals surface area (Å²) >= 11 is 0. The topological polar surface area (TPSA) is 107 Å². The monoisotopic (exact) mass is 459 g/mol. The molecule has 33 heavy (non-hydrogen) atoms. The number of anilines is 2. The van der Waals surface area contributed by atoms with Gasteiger partial charge < -0.3 is 15.0 Å². The largest absolute Gasteiger partial charge is 0.345 e. The molecule has 1 saturated heterocycles. The van der Waals surface area contributed by atoms with Crippen molar-refractivity contribution in [3.8, 4) is 0 Å². The molecule has 0 bridgehead atoms. The molecule has 1 amide bonds. The molecule has 4 rings (SSSR count). The molecule has 0 unspecified atom stereocenters. The Morgan fingerprint density at radius 2 is 2.12 bits per heavy atom. The number of aryl methyl sites for hydroxylation is 1. The van der Waals surface area contributed by atoms with Crippen LogP contribution < -0.4 is 10.9 Å². The van der Waals surface area contributed by atoms with Gasteiger partial charge in [-0.2, -0.15) is 18.9 Å². The summed E-state index contributed by atoms with van der Waals surface area (Å²) in [6.07, 6.45) is 6.79. The number of hydrogen-bond acceptors (Lipinski definition) is 7. The number of alkyl halides is 2. The van der Waals surface area contributed by atoms with E-state index in [2.05, 4.69) is 31.7 Å².